The van der Waals surface area contributed by atoms with Crippen molar-refractivity contribution >= 4 is 11.4 Å². The molecule has 1 atom stereocenters. The standard InChI is InChI=1S/C17H21N3O/c1-12-8-15-9-14(4-7-20(15)10-12)17(21)18-16-11-19-5-2-13(16)3-6-19/h4,7-10,13,16H,2-3,5-6,11H2,1H3,(H,18,21). The zero-order valence-corrected chi connectivity index (χ0v) is 12.4. The minimum Gasteiger partial charge on any atom is -0.348 e. The Morgan fingerprint density at radius 3 is 2.81 bits per heavy atom. The van der Waals surface area contributed by atoms with Crippen LogP contribution in [0.25, 0.3) is 5.52 Å². The van der Waals surface area contributed by atoms with Crippen LogP contribution in [0.15, 0.2) is 30.6 Å². The molecule has 0 spiro atoms. The fraction of sp³-hybridized carbons (Fsp3) is 0.471. The van der Waals surface area contributed by atoms with Gasteiger partial charge >= 0.3 is 0 Å². The van der Waals surface area contributed by atoms with Crippen LogP contribution in [-0.2, 0) is 0 Å². The monoisotopic (exact) mass is 283 g/mol. The first-order valence-electron chi connectivity index (χ1n) is 7.80. The third kappa shape index (κ3) is 2.33. The lowest BCUT2D eigenvalue weighted by molar-refractivity contribution is 0.0620. The van der Waals surface area contributed by atoms with Gasteiger partial charge in [0.15, 0.2) is 0 Å². The topological polar surface area (TPSA) is 36.8 Å². The molecule has 0 aliphatic carbocycles. The molecule has 5 heterocycles. The average Bonchev–Trinajstić information content (AvgIpc) is 2.87. The molecule has 3 aliphatic rings. The van der Waals surface area contributed by atoms with Crippen LogP contribution in [0.2, 0.25) is 0 Å². The average molecular weight is 283 g/mol. The van der Waals surface area contributed by atoms with Gasteiger partial charge in [0.25, 0.3) is 5.91 Å². The summed E-state index contributed by atoms with van der Waals surface area (Å²) in [5, 5.41) is 3.25. The van der Waals surface area contributed by atoms with E-state index in [-0.39, 0.29) is 5.91 Å². The SMILES string of the molecule is Cc1cc2cc(C(=O)NC3CN4CCC3CC4)ccn2c1. The third-order valence-corrected chi connectivity index (χ3v) is 4.97. The van der Waals surface area contributed by atoms with Gasteiger partial charge in [-0.2, -0.15) is 0 Å². The predicted octanol–water partition coefficient (Wildman–Crippen LogP) is 2.07. The molecule has 0 radical (unpaired) electrons. The molecule has 2 aromatic rings. The van der Waals surface area contributed by atoms with Gasteiger partial charge in [0.2, 0.25) is 0 Å². The molecular weight excluding hydrogens is 262 g/mol. The van der Waals surface area contributed by atoms with E-state index >= 15 is 0 Å². The van der Waals surface area contributed by atoms with Crippen molar-refractivity contribution in [3.63, 3.8) is 0 Å². The molecule has 3 fully saturated rings. The van der Waals surface area contributed by atoms with Gasteiger partial charge in [0, 0.05) is 36.1 Å². The van der Waals surface area contributed by atoms with Crippen molar-refractivity contribution in [3.05, 3.63) is 41.7 Å². The van der Waals surface area contributed by atoms with E-state index in [1.165, 1.54) is 31.5 Å². The molecule has 0 aromatic carbocycles. The van der Waals surface area contributed by atoms with Gasteiger partial charge in [0.05, 0.1) is 0 Å². The number of amides is 1. The highest BCUT2D eigenvalue weighted by molar-refractivity contribution is 5.95. The molecular formula is C17H21N3O. The fourth-order valence-corrected chi connectivity index (χ4v) is 3.77. The van der Waals surface area contributed by atoms with Gasteiger partial charge in [-0.25, -0.2) is 0 Å². The summed E-state index contributed by atoms with van der Waals surface area (Å²) in [6, 6.07) is 6.31. The molecule has 3 saturated heterocycles. The summed E-state index contributed by atoms with van der Waals surface area (Å²) in [7, 11) is 0. The second-order valence-corrected chi connectivity index (χ2v) is 6.48. The maximum atomic E-state index is 12.5. The van der Waals surface area contributed by atoms with E-state index in [1.807, 2.05) is 18.3 Å². The van der Waals surface area contributed by atoms with E-state index < -0.39 is 0 Å². The van der Waals surface area contributed by atoms with E-state index in [0.29, 0.717) is 12.0 Å². The number of fused-ring (bicyclic) bond motifs is 4. The molecule has 2 aromatic heterocycles. The minimum atomic E-state index is 0.0649. The Morgan fingerprint density at radius 2 is 2.10 bits per heavy atom. The first-order valence-corrected chi connectivity index (χ1v) is 7.80. The Morgan fingerprint density at radius 1 is 1.29 bits per heavy atom. The zero-order valence-electron chi connectivity index (χ0n) is 12.4. The van der Waals surface area contributed by atoms with Crippen molar-refractivity contribution in [2.75, 3.05) is 19.6 Å². The molecule has 5 rings (SSSR count). The molecule has 3 aliphatic heterocycles. The summed E-state index contributed by atoms with van der Waals surface area (Å²) in [5.74, 6) is 0.730. The molecule has 2 bridgehead atoms. The number of rotatable bonds is 2. The number of hydrogen-bond acceptors (Lipinski definition) is 2. The molecule has 110 valence electrons. The van der Waals surface area contributed by atoms with Gasteiger partial charge in [0.1, 0.15) is 0 Å². The summed E-state index contributed by atoms with van der Waals surface area (Å²) >= 11 is 0. The maximum absolute atomic E-state index is 12.5. The second-order valence-electron chi connectivity index (χ2n) is 6.48. The number of hydrogen-bond donors (Lipinski definition) is 1. The lowest BCUT2D eigenvalue weighted by atomic mass is 9.84. The molecule has 21 heavy (non-hydrogen) atoms. The third-order valence-electron chi connectivity index (χ3n) is 4.97. The van der Waals surface area contributed by atoms with E-state index in [9.17, 15) is 4.79 Å². The number of pyridine rings is 1. The molecule has 1 unspecified atom stereocenters. The lowest BCUT2D eigenvalue weighted by Gasteiger charge is -2.44. The van der Waals surface area contributed by atoms with Gasteiger partial charge in [-0.05, 0) is 62.5 Å². The van der Waals surface area contributed by atoms with Crippen LogP contribution in [0, 0.1) is 12.8 Å². The van der Waals surface area contributed by atoms with Crippen molar-refractivity contribution in [3.8, 4) is 0 Å². The number of carbonyl (C=O) groups excluding carboxylic acids is 1. The normalized spacial score (nSPS) is 28.0. The highest BCUT2D eigenvalue weighted by Crippen LogP contribution is 2.27. The number of nitrogens with zero attached hydrogens (tertiary/aromatic N) is 2. The largest absolute Gasteiger partial charge is 0.348 e. The first kappa shape index (κ1) is 12.9. The summed E-state index contributed by atoms with van der Waals surface area (Å²) in [5.41, 5.74) is 3.05. The number of aryl methyl sites for hydroxylation is 1. The van der Waals surface area contributed by atoms with Gasteiger partial charge in [-0.3, -0.25) is 4.79 Å². The molecule has 4 nitrogen and oxygen atoms in total. The van der Waals surface area contributed by atoms with Crippen molar-refractivity contribution in [2.24, 2.45) is 5.92 Å². The van der Waals surface area contributed by atoms with Crippen molar-refractivity contribution in [1.82, 2.24) is 14.6 Å². The molecule has 4 heteroatoms. The van der Waals surface area contributed by atoms with Crippen LogP contribution in [0.4, 0.5) is 0 Å². The quantitative estimate of drug-likeness (QED) is 0.916. The Hall–Kier alpha value is -1.81. The first-order chi connectivity index (χ1) is 10.2. The number of carbonyl (C=O) groups is 1. The Kier molecular flexibility index (Phi) is 3.00. The number of aromatic nitrogens is 1. The van der Waals surface area contributed by atoms with Crippen LogP contribution in [0.1, 0.15) is 28.8 Å². The van der Waals surface area contributed by atoms with Crippen LogP contribution >= 0.6 is 0 Å². The van der Waals surface area contributed by atoms with Gasteiger partial charge in [-0.15, -0.1) is 0 Å². The van der Waals surface area contributed by atoms with E-state index in [4.69, 9.17) is 0 Å². The minimum absolute atomic E-state index is 0.0649. The number of nitrogens with one attached hydrogen (secondary N) is 1. The summed E-state index contributed by atoms with van der Waals surface area (Å²) in [6.07, 6.45) is 6.49. The van der Waals surface area contributed by atoms with Crippen molar-refractivity contribution < 1.29 is 4.79 Å². The Labute approximate surface area is 124 Å². The molecule has 1 N–H and O–H groups in total. The summed E-state index contributed by atoms with van der Waals surface area (Å²) in [4.78, 5) is 15.0. The molecule has 0 saturated carbocycles. The smallest absolute Gasteiger partial charge is 0.251 e. The van der Waals surface area contributed by atoms with E-state index in [1.54, 1.807) is 0 Å². The van der Waals surface area contributed by atoms with Crippen LogP contribution in [-0.4, -0.2) is 40.9 Å². The van der Waals surface area contributed by atoms with Crippen molar-refractivity contribution in [2.45, 2.75) is 25.8 Å². The molecule has 1 amide bonds. The highest BCUT2D eigenvalue weighted by atomic mass is 16.1. The second kappa shape index (κ2) is 4.88. The summed E-state index contributed by atoms with van der Waals surface area (Å²) in [6.45, 7) is 5.49. The van der Waals surface area contributed by atoms with Gasteiger partial charge in [-0.1, -0.05) is 0 Å². The highest BCUT2D eigenvalue weighted by Gasteiger charge is 2.34. The summed E-state index contributed by atoms with van der Waals surface area (Å²) < 4.78 is 2.06. The fourth-order valence-electron chi connectivity index (χ4n) is 3.77. The van der Waals surface area contributed by atoms with Crippen LogP contribution in [0.5, 0.6) is 0 Å². The lowest BCUT2D eigenvalue weighted by Crippen LogP contribution is -2.57. The number of piperidine rings is 3. The Balaban J connectivity index is 1.53. The zero-order chi connectivity index (χ0) is 14.4. The van der Waals surface area contributed by atoms with Gasteiger partial charge < -0.3 is 14.6 Å². The predicted molar refractivity (Wildman–Crippen MR) is 82.6 cm³/mol. The Bertz CT molecular complexity index is 682. The van der Waals surface area contributed by atoms with Crippen LogP contribution in [0.3, 0.4) is 0 Å². The maximum Gasteiger partial charge on any atom is 0.251 e. The van der Waals surface area contributed by atoms with Crippen LogP contribution < -0.4 is 5.32 Å². The van der Waals surface area contributed by atoms with E-state index in [0.717, 1.165) is 17.6 Å². The van der Waals surface area contributed by atoms with Crippen molar-refractivity contribution in [1.29, 1.82) is 0 Å². The van der Waals surface area contributed by atoms with E-state index in [2.05, 4.69) is 33.8 Å².